The average molecular weight is 304 g/mol. The molecule has 0 fully saturated rings. The van der Waals surface area contributed by atoms with Gasteiger partial charge >= 0.3 is 10.1 Å². The Bertz CT molecular complexity index is 721. The fraction of sp³-hybridized carbons (Fsp3) is 0.294. The van der Waals surface area contributed by atoms with Crippen LogP contribution >= 0.6 is 0 Å². The fourth-order valence-electron chi connectivity index (χ4n) is 2.51. The van der Waals surface area contributed by atoms with Crippen LogP contribution in [0.1, 0.15) is 29.2 Å². The van der Waals surface area contributed by atoms with Gasteiger partial charge in [-0.1, -0.05) is 36.8 Å². The molecule has 2 aromatic rings. The number of aryl methyl sites for hydroxylation is 4. The molecule has 0 aromatic heterocycles. The van der Waals surface area contributed by atoms with E-state index >= 15 is 0 Å². The molecule has 0 unspecified atom stereocenters. The van der Waals surface area contributed by atoms with Gasteiger partial charge < -0.3 is 4.18 Å². The van der Waals surface area contributed by atoms with Gasteiger partial charge in [-0.25, -0.2) is 0 Å². The molecule has 0 aliphatic heterocycles. The molecule has 21 heavy (non-hydrogen) atoms. The van der Waals surface area contributed by atoms with E-state index in [1.54, 1.807) is 26.0 Å². The van der Waals surface area contributed by atoms with Crippen molar-refractivity contribution < 1.29 is 12.6 Å². The average Bonchev–Trinajstić information content (AvgIpc) is 2.37. The van der Waals surface area contributed by atoms with E-state index in [1.165, 1.54) is 0 Å². The Morgan fingerprint density at radius 1 is 0.952 bits per heavy atom. The lowest BCUT2D eigenvalue weighted by molar-refractivity contribution is 0.485. The maximum absolute atomic E-state index is 12.5. The normalized spacial score (nSPS) is 11.4. The van der Waals surface area contributed by atoms with Gasteiger partial charge in [0.2, 0.25) is 0 Å². The first-order chi connectivity index (χ1) is 9.83. The van der Waals surface area contributed by atoms with Gasteiger partial charge in [0.25, 0.3) is 0 Å². The first-order valence-electron chi connectivity index (χ1n) is 6.94. The van der Waals surface area contributed by atoms with E-state index in [-0.39, 0.29) is 4.90 Å². The molecule has 0 amide bonds. The monoisotopic (exact) mass is 304 g/mol. The summed E-state index contributed by atoms with van der Waals surface area (Å²) >= 11 is 0. The van der Waals surface area contributed by atoms with Gasteiger partial charge in [-0.2, -0.15) is 8.42 Å². The molecule has 0 N–H and O–H groups in total. The van der Waals surface area contributed by atoms with Crippen molar-refractivity contribution in [2.75, 3.05) is 0 Å². The van der Waals surface area contributed by atoms with E-state index in [0.717, 1.165) is 17.5 Å². The quantitative estimate of drug-likeness (QED) is 0.804. The highest BCUT2D eigenvalue weighted by atomic mass is 32.2. The summed E-state index contributed by atoms with van der Waals surface area (Å²) in [4.78, 5) is 0.257. The second kappa shape index (κ2) is 5.90. The third-order valence-corrected chi connectivity index (χ3v) is 4.95. The van der Waals surface area contributed by atoms with Gasteiger partial charge in [0.1, 0.15) is 10.6 Å². The molecule has 0 atom stereocenters. The zero-order valence-corrected chi connectivity index (χ0v) is 13.6. The minimum atomic E-state index is -3.81. The summed E-state index contributed by atoms with van der Waals surface area (Å²) in [6.07, 6.45) is 0.906. The third kappa shape index (κ3) is 3.45. The lowest BCUT2D eigenvalue weighted by atomic mass is 10.1. The number of benzene rings is 2. The molecule has 2 aromatic carbocycles. The van der Waals surface area contributed by atoms with Crippen LogP contribution in [0.3, 0.4) is 0 Å². The minimum absolute atomic E-state index is 0.257. The van der Waals surface area contributed by atoms with E-state index in [1.807, 2.05) is 38.1 Å². The predicted molar refractivity (Wildman–Crippen MR) is 84.3 cm³/mol. The van der Waals surface area contributed by atoms with Crippen molar-refractivity contribution in [3.63, 3.8) is 0 Å². The van der Waals surface area contributed by atoms with Crippen LogP contribution in [0.4, 0.5) is 0 Å². The second-order valence-electron chi connectivity index (χ2n) is 5.26. The van der Waals surface area contributed by atoms with Gasteiger partial charge in [0.05, 0.1) is 0 Å². The van der Waals surface area contributed by atoms with Gasteiger partial charge in [-0.15, -0.1) is 0 Å². The van der Waals surface area contributed by atoms with Crippen molar-refractivity contribution in [1.82, 2.24) is 0 Å². The lowest BCUT2D eigenvalue weighted by Crippen LogP contribution is -2.13. The van der Waals surface area contributed by atoms with Gasteiger partial charge in [0.15, 0.2) is 0 Å². The highest BCUT2D eigenvalue weighted by molar-refractivity contribution is 7.87. The molecule has 3 nitrogen and oxygen atoms in total. The Hall–Kier alpha value is -1.81. The van der Waals surface area contributed by atoms with E-state index < -0.39 is 10.1 Å². The van der Waals surface area contributed by atoms with E-state index in [2.05, 4.69) is 0 Å². The molecule has 0 aliphatic rings. The largest absolute Gasteiger partial charge is 0.379 e. The molecule has 0 saturated heterocycles. The summed E-state index contributed by atoms with van der Waals surface area (Å²) in [6, 6.07) is 10.8. The molecule has 112 valence electrons. The summed E-state index contributed by atoms with van der Waals surface area (Å²) in [6.45, 7) is 7.57. The van der Waals surface area contributed by atoms with Crippen LogP contribution in [0.5, 0.6) is 5.75 Å². The highest BCUT2D eigenvalue weighted by Crippen LogP contribution is 2.25. The molecule has 0 aliphatic carbocycles. The molecule has 0 radical (unpaired) electrons. The van der Waals surface area contributed by atoms with Crippen molar-refractivity contribution in [1.29, 1.82) is 0 Å². The Balaban J connectivity index is 2.38. The maximum Gasteiger partial charge on any atom is 0.339 e. The molecular formula is C17H20O3S. The van der Waals surface area contributed by atoms with Crippen LogP contribution in [-0.4, -0.2) is 8.42 Å². The van der Waals surface area contributed by atoms with E-state index in [4.69, 9.17) is 4.18 Å². The maximum atomic E-state index is 12.5. The van der Waals surface area contributed by atoms with Crippen molar-refractivity contribution in [2.45, 2.75) is 39.0 Å². The number of hydrogen-bond donors (Lipinski definition) is 0. The number of rotatable bonds is 4. The molecule has 0 bridgehead atoms. The third-order valence-electron chi connectivity index (χ3n) is 3.39. The highest BCUT2D eigenvalue weighted by Gasteiger charge is 2.22. The molecule has 0 spiro atoms. The van der Waals surface area contributed by atoms with E-state index in [0.29, 0.717) is 16.9 Å². The molecule has 2 rings (SSSR count). The summed E-state index contributed by atoms with van der Waals surface area (Å²) in [5.74, 6) is 0.339. The van der Waals surface area contributed by atoms with Gasteiger partial charge in [-0.3, -0.25) is 0 Å². The SMILES string of the molecule is CCc1ccc(OS(=O)(=O)c2c(C)cc(C)cc2C)cc1. The number of hydrogen-bond acceptors (Lipinski definition) is 3. The van der Waals surface area contributed by atoms with Crippen LogP contribution in [-0.2, 0) is 16.5 Å². The summed E-state index contributed by atoms with van der Waals surface area (Å²) in [7, 11) is -3.81. The molecule has 0 heterocycles. The van der Waals surface area contributed by atoms with Gasteiger partial charge in [0, 0.05) is 0 Å². The van der Waals surface area contributed by atoms with Crippen molar-refractivity contribution >= 4 is 10.1 Å². The van der Waals surface area contributed by atoms with Crippen molar-refractivity contribution in [2.24, 2.45) is 0 Å². The molecule has 0 saturated carbocycles. The van der Waals surface area contributed by atoms with Crippen LogP contribution in [0.15, 0.2) is 41.3 Å². The topological polar surface area (TPSA) is 43.4 Å². The van der Waals surface area contributed by atoms with Crippen molar-refractivity contribution in [3.05, 3.63) is 58.7 Å². The first kappa shape index (κ1) is 15.6. The van der Waals surface area contributed by atoms with Crippen LogP contribution in [0.2, 0.25) is 0 Å². The zero-order valence-electron chi connectivity index (χ0n) is 12.8. The van der Waals surface area contributed by atoms with Crippen LogP contribution < -0.4 is 4.18 Å². The smallest absolute Gasteiger partial charge is 0.339 e. The summed E-state index contributed by atoms with van der Waals surface area (Å²) < 4.78 is 30.2. The predicted octanol–water partition coefficient (Wildman–Crippen LogP) is 3.94. The standard InChI is InChI=1S/C17H20O3S/c1-5-15-6-8-16(9-7-15)20-21(18,19)17-13(3)10-12(2)11-14(17)4/h6-11H,5H2,1-4H3. The summed E-state index contributed by atoms with van der Waals surface area (Å²) in [5, 5.41) is 0. The Morgan fingerprint density at radius 2 is 1.48 bits per heavy atom. The van der Waals surface area contributed by atoms with Gasteiger partial charge in [-0.05, 0) is 56.0 Å². The minimum Gasteiger partial charge on any atom is -0.379 e. The van der Waals surface area contributed by atoms with E-state index in [9.17, 15) is 8.42 Å². The van der Waals surface area contributed by atoms with Crippen LogP contribution in [0.25, 0.3) is 0 Å². The Morgan fingerprint density at radius 3 is 1.95 bits per heavy atom. The Labute approximate surface area is 126 Å². The Kier molecular flexibility index (Phi) is 4.37. The second-order valence-corrected chi connectivity index (χ2v) is 6.75. The van der Waals surface area contributed by atoms with Crippen molar-refractivity contribution in [3.8, 4) is 5.75 Å². The zero-order chi connectivity index (χ0) is 15.6. The lowest BCUT2D eigenvalue weighted by Gasteiger charge is -2.13. The molecule has 4 heteroatoms. The molecular weight excluding hydrogens is 284 g/mol. The van der Waals surface area contributed by atoms with Crippen LogP contribution in [0, 0.1) is 20.8 Å². The first-order valence-corrected chi connectivity index (χ1v) is 8.35. The summed E-state index contributed by atoms with van der Waals surface area (Å²) in [5.41, 5.74) is 3.59. The fourth-order valence-corrected chi connectivity index (χ4v) is 3.86.